The molecule has 3 nitrogen and oxygen atoms in total. The van der Waals surface area contributed by atoms with E-state index in [1.807, 2.05) is 6.07 Å². The van der Waals surface area contributed by atoms with Gasteiger partial charge >= 0.3 is 0 Å². The SMILES string of the molecule is CCCN(C1CCCCC1)C1Cc2cccc(F)c2O[C@H]1O. The van der Waals surface area contributed by atoms with E-state index in [2.05, 4.69) is 11.8 Å². The molecule has 0 amide bonds. The lowest BCUT2D eigenvalue weighted by Crippen LogP contribution is -2.54. The minimum absolute atomic E-state index is 0.0719. The molecule has 0 radical (unpaired) electrons. The zero-order chi connectivity index (χ0) is 15.5. The Kier molecular flexibility index (Phi) is 4.99. The number of fused-ring (bicyclic) bond motifs is 1. The average molecular weight is 307 g/mol. The summed E-state index contributed by atoms with van der Waals surface area (Å²) < 4.78 is 19.4. The number of benzene rings is 1. The van der Waals surface area contributed by atoms with Crippen LogP contribution in [0.15, 0.2) is 18.2 Å². The molecule has 1 aromatic rings. The van der Waals surface area contributed by atoms with Crippen LogP contribution in [0.5, 0.6) is 5.75 Å². The number of hydrogen-bond acceptors (Lipinski definition) is 3. The lowest BCUT2D eigenvalue weighted by molar-refractivity contribution is -0.105. The van der Waals surface area contributed by atoms with Crippen molar-refractivity contribution in [3.05, 3.63) is 29.6 Å². The molecule has 0 aromatic heterocycles. The zero-order valence-corrected chi connectivity index (χ0v) is 13.3. The topological polar surface area (TPSA) is 32.7 Å². The summed E-state index contributed by atoms with van der Waals surface area (Å²) in [4.78, 5) is 2.41. The predicted molar refractivity (Wildman–Crippen MR) is 84.4 cm³/mol. The third-order valence-corrected chi connectivity index (χ3v) is 5.00. The first-order valence-corrected chi connectivity index (χ1v) is 8.58. The van der Waals surface area contributed by atoms with E-state index in [0.717, 1.165) is 18.5 Å². The van der Waals surface area contributed by atoms with E-state index in [0.29, 0.717) is 12.5 Å². The molecule has 3 rings (SSSR count). The highest BCUT2D eigenvalue weighted by molar-refractivity contribution is 5.37. The maximum Gasteiger partial charge on any atom is 0.213 e. The van der Waals surface area contributed by atoms with Gasteiger partial charge in [0.15, 0.2) is 11.6 Å². The lowest BCUT2D eigenvalue weighted by atomic mass is 9.91. The van der Waals surface area contributed by atoms with Gasteiger partial charge in [0.25, 0.3) is 0 Å². The Balaban J connectivity index is 1.82. The van der Waals surface area contributed by atoms with E-state index >= 15 is 0 Å². The molecule has 1 aliphatic carbocycles. The number of hydrogen-bond donors (Lipinski definition) is 1. The van der Waals surface area contributed by atoms with Crippen LogP contribution < -0.4 is 4.74 Å². The molecule has 0 bridgehead atoms. The average Bonchev–Trinajstić information content (AvgIpc) is 2.54. The van der Waals surface area contributed by atoms with Crippen LogP contribution in [0.2, 0.25) is 0 Å². The molecule has 1 heterocycles. The summed E-state index contributed by atoms with van der Waals surface area (Å²) in [6.07, 6.45) is 6.99. The Bertz CT molecular complexity index is 502. The van der Waals surface area contributed by atoms with Gasteiger partial charge in [-0.05, 0) is 43.9 Å². The van der Waals surface area contributed by atoms with Crippen LogP contribution in [0.3, 0.4) is 0 Å². The highest BCUT2D eigenvalue weighted by atomic mass is 19.1. The van der Waals surface area contributed by atoms with Crippen molar-refractivity contribution < 1.29 is 14.2 Å². The van der Waals surface area contributed by atoms with E-state index in [-0.39, 0.29) is 17.6 Å². The molecule has 1 aliphatic heterocycles. The molecule has 0 saturated heterocycles. The Labute approximate surface area is 132 Å². The van der Waals surface area contributed by atoms with Crippen LogP contribution in [0.4, 0.5) is 4.39 Å². The van der Waals surface area contributed by atoms with Gasteiger partial charge in [-0.15, -0.1) is 0 Å². The molecule has 1 N–H and O–H groups in total. The Morgan fingerprint density at radius 3 is 2.77 bits per heavy atom. The molecule has 122 valence electrons. The summed E-state index contributed by atoms with van der Waals surface area (Å²) in [5.41, 5.74) is 0.868. The number of nitrogens with zero attached hydrogens (tertiary/aromatic N) is 1. The molecule has 1 unspecified atom stereocenters. The quantitative estimate of drug-likeness (QED) is 0.924. The van der Waals surface area contributed by atoms with Crippen molar-refractivity contribution in [1.29, 1.82) is 0 Å². The maximum atomic E-state index is 13.8. The molecule has 0 spiro atoms. The summed E-state index contributed by atoms with van der Waals surface area (Å²) in [7, 11) is 0. The summed E-state index contributed by atoms with van der Waals surface area (Å²) in [5, 5.41) is 10.4. The summed E-state index contributed by atoms with van der Waals surface area (Å²) in [5.74, 6) is -0.152. The van der Waals surface area contributed by atoms with Crippen LogP contribution in [0.1, 0.15) is 51.0 Å². The summed E-state index contributed by atoms with van der Waals surface area (Å²) in [6, 6.07) is 5.46. The Morgan fingerprint density at radius 1 is 1.27 bits per heavy atom. The van der Waals surface area contributed by atoms with E-state index in [1.54, 1.807) is 6.07 Å². The van der Waals surface area contributed by atoms with Crippen molar-refractivity contribution in [3.63, 3.8) is 0 Å². The number of ether oxygens (including phenoxy) is 1. The van der Waals surface area contributed by atoms with Gasteiger partial charge in [0.1, 0.15) is 0 Å². The van der Waals surface area contributed by atoms with Gasteiger partial charge in [-0.2, -0.15) is 0 Å². The van der Waals surface area contributed by atoms with Gasteiger partial charge in [-0.25, -0.2) is 4.39 Å². The van der Waals surface area contributed by atoms with Crippen LogP contribution in [-0.4, -0.2) is 34.9 Å². The monoisotopic (exact) mass is 307 g/mol. The molecule has 4 heteroatoms. The first kappa shape index (κ1) is 15.8. The fraction of sp³-hybridized carbons (Fsp3) is 0.667. The molecule has 2 atom stereocenters. The minimum Gasteiger partial charge on any atom is -0.460 e. The number of para-hydroxylation sites is 1. The van der Waals surface area contributed by atoms with Crippen molar-refractivity contribution in [2.75, 3.05) is 6.54 Å². The highest BCUT2D eigenvalue weighted by Crippen LogP contribution is 2.34. The number of aliphatic hydroxyl groups excluding tert-OH is 1. The third kappa shape index (κ3) is 3.13. The highest BCUT2D eigenvalue weighted by Gasteiger charge is 2.37. The van der Waals surface area contributed by atoms with Gasteiger partial charge in [0.2, 0.25) is 6.29 Å². The molecule has 22 heavy (non-hydrogen) atoms. The van der Waals surface area contributed by atoms with Gasteiger partial charge in [0, 0.05) is 6.04 Å². The number of halogens is 1. The van der Waals surface area contributed by atoms with E-state index < -0.39 is 6.29 Å². The maximum absolute atomic E-state index is 13.8. The molecule has 2 aliphatic rings. The predicted octanol–water partition coefficient (Wildman–Crippen LogP) is 3.49. The van der Waals surface area contributed by atoms with Crippen LogP contribution >= 0.6 is 0 Å². The summed E-state index contributed by atoms with van der Waals surface area (Å²) in [6.45, 7) is 3.12. The largest absolute Gasteiger partial charge is 0.460 e. The van der Waals surface area contributed by atoms with Gasteiger partial charge in [-0.3, -0.25) is 4.90 Å². The second-order valence-corrected chi connectivity index (χ2v) is 6.54. The Hall–Kier alpha value is -1.13. The lowest BCUT2D eigenvalue weighted by Gasteiger charge is -2.43. The van der Waals surface area contributed by atoms with Crippen molar-refractivity contribution in [2.45, 2.75) is 70.2 Å². The Morgan fingerprint density at radius 2 is 2.05 bits per heavy atom. The van der Waals surface area contributed by atoms with Crippen LogP contribution in [0, 0.1) is 5.82 Å². The number of rotatable bonds is 4. The van der Waals surface area contributed by atoms with E-state index in [9.17, 15) is 9.50 Å². The van der Waals surface area contributed by atoms with Crippen molar-refractivity contribution in [2.24, 2.45) is 0 Å². The number of aliphatic hydroxyl groups is 1. The van der Waals surface area contributed by atoms with E-state index in [1.165, 1.54) is 38.2 Å². The van der Waals surface area contributed by atoms with Gasteiger partial charge < -0.3 is 9.84 Å². The van der Waals surface area contributed by atoms with Gasteiger partial charge in [0.05, 0.1) is 6.04 Å². The third-order valence-electron chi connectivity index (χ3n) is 5.00. The fourth-order valence-corrected chi connectivity index (χ4v) is 3.94. The van der Waals surface area contributed by atoms with E-state index in [4.69, 9.17) is 4.74 Å². The normalized spacial score (nSPS) is 25.8. The second kappa shape index (κ2) is 6.97. The summed E-state index contributed by atoms with van der Waals surface area (Å²) >= 11 is 0. The van der Waals surface area contributed by atoms with Crippen molar-refractivity contribution in [1.82, 2.24) is 4.90 Å². The molecule has 1 saturated carbocycles. The fourth-order valence-electron chi connectivity index (χ4n) is 3.94. The first-order chi connectivity index (χ1) is 10.7. The second-order valence-electron chi connectivity index (χ2n) is 6.54. The molecular weight excluding hydrogens is 281 g/mol. The van der Waals surface area contributed by atoms with Crippen LogP contribution in [0.25, 0.3) is 0 Å². The van der Waals surface area contributed by atoms with Crippen LogP contribution in [-0.2, 0) is 6.42 Å². The van der Waals surface area contributed by atoms with Crippen molar-refractivity contribution in [3.8, 4) is 5.75 Å². The minimum atomic E-state index is -0.946. The van der Waals surface area contributed by atoms with Gasteiger partial charge in [-0.1, -0.05) is 38.3 Å². The first-order valence-electron chi connectivity index (χ1n) is 8.58. The zero-order valence-electron chi connectivity index (χ0n) is 13.3. The van der Waals surface area contributed by atoms with Crippen molar-refractivity contribution >= 4 is 0 Å². The molecular formula is C18H26FNO2. The molecule has 1 fully saturated rings. The smallest absolute Gasteiger partial charge is 0.213 e. The standard InChI is InChI=1S/C18H26FNO2/c1-2-11-20(14-8-4-3-5-9-14)16-12-13-7-6-10-15(19)17(13)22-18(16)21/h6-7,10,14,16,18,21H,2-5,8-9,11-12H2,1H3/t16?,18-/m1/s1. The molecule has 1 aromatic carbocycles.